The van der Waals surface area contributed by atoms with Crippen LogP contribution in [0.2, 0.25) is 0 Å². The maximum Gasteiger partial charge on any atom is 0.475 e. The van der Waals surface area contributed by atoms with Crippen LogP contribution < -0.4 is 5.73 Å². The van der Waals surface area contributed by atoms with E-state index in [9.17, 15) is 4.57 Å². The number of fused-ring (bicyclic) bond motifs is 2. The summed E-state index contributed by atoms with van der Waals surface area (Å²) >= 11 is 5.25. The third-order valence-electron chi connectivity index (χ3n) is 5.13. The highest BCUT2D eigenvalue weighted by atomic mass is 33.1. The van der Waals surface area contributed by atoms with Crippen LogP contribution in [0.4, 0.5) is 5.95 Å². The van der Waals surface area contributed by atoms with Gasteiger partial charge in [0, 0.05) is 25.0 Å². The van der Waals surface area contributed by atoms with Gasteiger partial charge in [0.25, 0.3) is 0 Å². The van der Waals surface area contributed by atoms with E-state index < -0.39 is 20.2 Å². The van der Waals surface area contributed by atoms with Crippen molar-refractivity contribution in [2.45, 2.75) is 37.1 Å². The van der Waals surface area contributed by atoms with Crippen LogP contribution in [0.3, 0.4) is 0 Å². The van der Waals surface area contributed by atoms with Crippen molar-refractivity contribution < 1.29 is 27.6 Å². The first-order chi connectivity index (χ1) is 14.5. The fourth-order valence-corrected chi connectivity index (χ4v) is 8.05. The number of H-pyrrole nitrogens is 1. The lowest BCUT2D eigenvalue weighted by Crippen LogP contribution is -2.39. The highest BCUT2D eigenvalue weighted by molar-refractivity contribution is 8.76. The van der Waals surface area contributed by atoms with Crippen molar-refractivity contribution in [3.05, 3.63) is 11.0 Å². The molecule has 164 valence electrons. The summed E-state index contributed by atoms with van der Waals surface area (Å²) in [6, 6.07) is 0. The second-order valence-corrected chi connectivity index (χ2v) is 11.5. The summed E-state index contributed by atoms with van der Waals surface area (Å²) in [5.74, 6) is 1.58. The third-order valence-corrected chi connectivity index (χ3v) is 9.36. The van der Waals surface area contributed by atoms with Gasteiger partial charge in [0.15, 0.2) is 5.65 Å². The van der Waals surface area contributed by atoms with Gasteiger partial charge in [0.1, 0.15) is 34.7 Å². The molecule has 0 saturated carbocycles. The average molecular weight is 494 g/mol. The zero-order valence-corrected chi connectivity index (χ0v) is 19.2. The van der Waals surface area contributed by atoms with E-state index >= 15 is 0 Å². The Labute approximate surface area is 184 Å². The van der Waals surface area contributed by atoms with E-state index in [0.29, 0.717) is 28.0 Å². The molecule has 11 nitrogen and oxygen atoms in total. The Morgan fingerprint density at radius 3 is 2.97 bits per heavy atom. The largest absolute Gasteiger partial charge is 0.475 e. The van der Waals surface area contributed by atoms with Gasteiger partial charge in [-0.3, -0.25) is 18.1 Å². The van der Waals surface area contributed by atoms with Gasteiger partial charge >= 0.3 is 7.82 Å². The zero-order chi connectivity index (χ0) is 20.9. The van der Waals surface area contributed by atoms with Gasteiger partial charge in [-0.1, -0.05) is 33.8 Å². The van der Waals surface area contributed by atoms with Crippen LogP contribution >= 0.6 is 41.6 Å². The Balaban J connectivity index is 1.32. The summed E-state index contributed by atoms with van der Waals surface area (Å²) in [6.45, 7) is 0.104. The predicted molar refractivity (Wildman–Crippen MR) is 115 cm³/mol. The molecule has 3 N–H and O–H groups in total. The first-order valence-corrected chi connectivity index (χ1v) is 13.6. The molecule has 0 radical (unpaired) electrons. The number of nitrogens with zero attached hydrogens (tertiary/aromatic N) is 3. The smallest absolute Gasteiger partial charge is 0.378 e. The van der Waals surface area contributed by atoms with Crippen LogP contribution in [0.5, 0.6) is 0 Å². The molecule has 3 saturated heterocycles. The number of aromatic amines is 1. The summed E-state index contributed by atoms with van der Waals surface area (Å²) in [7, 11) is 1.22. The molecular weight excluding hydrogens is 473 g/mol. The minimum Gasteiger partial charge on any atom is -0.378 e. The van der Waals surface area contributed by atoms with Crippen molar-refractivity contribution >= 4 is 58.7 Å². The minimum atomic E-state index is -3.73. The van der Waals surface area contributed by atoms with Gasteiger partial charge < -0.3 is 20.2 Å². The number of nitrogen functional groups attached to an aromatic ring is 1. The molecule has 3 aliphatic rings. The highest BCUT2D eigenvalue weighted by Crippen LogP contribution is 2.58. The zero-order valence-electron chi connectivity index (χ0n) is 15.8. The van der Waals surface area contributed by atoms with Crippen molar-refractivity contribution in [1.29, 1.82) is 0 Å². The van der Waals surface area contributed by atoms with Crippen LogP contribution in [0.1, 0.15) is 12.6 Å². The van der Waals surface area contributed by atoms with Gasteiger partial charge in [-0.2, -0.15) is 4.98 Å². The van der Waals surface area contributed by atoms with Crippen LogP contribution in [0, 0.1) is 4.64 Å². The molecule has 0 aliphatic carbocycles. The summed E-state index contributed by atoms with van der Waals surface area (Å²) in [6.07, 6.45) is 0.225. The number of hydrogen-bond acceptors (Lipinski definition) is 12. The molecule has 2 aromatic rings. The average Bonchev–Trinajstić information content (AvgIpc) is 3.31. The number of imidazole rings is 1. The third kappa shape index (κ3) is 3.93. The number of ether oxygens (including phenoxy) is 2. The number of nitrogens with two attached hydrogens (primary N) is 1. The molecule has 30 heavy (non-hydrogen) atoms. The number of nitrogens with one attached hydrogen (secondary N) is 1. The molecule has 3 fully saturated rings. The van der Waals surface area contributed by atoms with E-state index in [1.54, 1.807) is 39.6 Å². The molecular formula is C15H20N5O6PS3. The normalized spacial score (nSPS) is 36.8. The first kappa shape index (κ1) is 21.2. The SMILES string of the molecule is CO[C@H]1CSSC[C@@H]1OP1(=O)OC[C@H]2O[C@@H](n3cnc4c(=S)[nH]c(N)nc43)C[C@@H]2O1. The molecule has 2 aromatic heterocycles. The van der Waals surface area contributed by atoms with Crippen molar-refractivity contribution in [2.75, 3.05) is 31.0 Å². The van der Waals surface area contributed by atoms with E-state index in [4.69, 9.17) is 41.0 Å². The summed E-state index contributed by atoms with van der Waals surface area (Å²) in [5.41, 5.74) is 6.83. The van der Waals surface area contributed by atoms with Crippen molar-refractivity contribution in [1.82, 2.24) is 19.5 Å². The number of methoxy groups -OCH3 is 1. The molecule has 1 unspecified atom stereocenters. The number of phosphoric ester groups is 1. The Morgan fingerprint density at radius 1 is 1.37 bits per heavy atom. The maximum absolute atomic E-state index is 13.1. The molecule has 5 heterocycles. The van der Waals surface area contributed by atoms with Gasteiger partial charge in [0.05, 0.1) is 19.0 Å². The van der Waals surface area contributed by atoms with Gasteiger partial charge in [0.2, 0.25) is 5.95 Å². The fourth-order valence-electron chi connectivity index (χ4n) is 3.63. The number of rotatable bonds is 4. The minimum absolute atomic E-state index is 0.104. The highest BCUT2D eigenvalue weighted by Gasteiger charge is 2.49. The van der Waals surface area contributed by atoms with E-state index in [0.717, 1.165) is 5.75 Å². The van der Waals surface area contributed by atoms with Crippen molar-refractivity contribution in [2.24, 2.45) is 0 Å². The molecule has 15 heteroatoms. The summed E-state index contributed by atoms with van der Waals surface area (Å²) in [4.78, 5) is 11.4. The standard InChI is InChI=1S/C15H20N5O6PS3/c1-22-9-4-29-30-5-10(9)26-27(21)23-3-8-7(25-27)2-11(24-8)20-6-17-12-13(20)18-15(16)19-14(12)28/h6-11H,2-5H2,1H3,(H3,16,18,19,28)/t7-,8+,9-,10-,11+,27?/m0/s1. The quantitative estimate of drug-likeness (QED) is 0.368. The van der Waals surface area contributed by atoms with Crippen LogP contribution in [-0.4, -0.2) is 69.2 Å². The van der Waals surface area contributed by atoms with E-state index in [1.165, 1.54) is 0 Å². The van der Waals surface area contributed by atoms with Gasteiger partial charge in [-0.15, -0.1) is 0 Å². The lowest BCUT2D eigenvalue weighted by molar-refractivity contribution is -0.0811. The van der Waals surface area contributed by atoms with Crippen LogP contribution in [0.25, 0.3) is 11.2 Å². The molecule has 3 aliphatic heterocycles. The van der Waals surface area contributed by atoms with Gasteiger partial charge in [-0.05, 0) is 0 Å². The second-order valence-electron chi connectivity index (χ2n) is 7.01. The number of aromatic nitrogens is 4. The topological polar surface area (TPSA) is 136 Å². The Morgan fingerprint density at radius 2 is 2.17 bits per heavy atom. The van der Waals surface area contributed by atoms with Gasteiger partial charge in [-0.25, -0.2) is 9.55 Å². The van der Waals surface area contributed by atoms with E-state index in [2.05, 4.69) is 15.0 Å². The predicted octanol–water partition coefficient (Wildman–Crippen LogP) is 2.68. The maximum atomic E-state index is 13.1. The molecule has 6 atom stereocenters. The fraction of sp³-hybridized carbons (Fsp3) is 0.667. The van der Waals surface area contributed by atoms with Crippen molar-refractivity contribution in [3.63, 3.8) is 0 Å². The first-order valence-electron chi connectivity index (χ1n) is 9.22. The van der Waals surface area contributed by atoms with E-state index in [-0.39, 0.29) is 30.9 Å². The number of anilines is 1. The summed E-state index contributed by atoms with van der Waals surface area (Å²) < 4.78 is 43.9. The number of phosphoric acid groups is 1. The lowest BCUT2D eigenvalue weighted by atomic mass is 10.2. The second kappa shape index (κ2) is 8.34. The number of hydrogen-bond donors (Lipinski definition) is 2. The lowest BCUT2D eigenvalue weighted by Gasteiger charge is -2.35. The Kier molecular flexibility index (Phi) is 5.88. The monoisotopic (exact) mass is 493 g/mol. The van der Waals surface area contributed by atoms with E-state index in [1.807, 2.05) is 0 Å². The molecule has 0 spiro atoms. The molecule has 5 rings (SSSR count). The Bertz CT molecular complexity index is 1050. The van der Waals surface area contributed by atoms with Crippen LogP contribution in [0.15, 0.2) is 6.33 Å². The molecule has 0 bridgehead atoms. The molecule has 0 amide bonds. The van der Waals surface area contributed by atoms with Crippen LogP contribution in [-0.2, 0) is 27.6 Å². The Hall–Kier alpha value is -0.700. The molecule has 0 aromatic carbocycles. The van der Waals surface area contributed by atoms with Crippen molar-refractivity contribution in [3.8, 4) is 0 Å². The summed E-state index contributed by atoms with van der Waals surface area (Å²) in [5, 5.41) is 0.